The van der Waals surface area contributed by atoms with E-state index in [9.17, 15) is 9.90 Å². The molecule has 0 bridgehead atoms. The number of carboxylic acids is 1. The molecule has 2 rings (SSSR count). The van der Waals surface area contributed by atoms with Crippen molar-refractivity contribution in [3.05, 3.63) is 29.6 Å². The van der Waals surface area contributed by atoms with Crippen LogP contribution in [0, 0.1) is 5.92 Å². The first-order chi connectivity index (χ1) is 10.0. The van der Waals surface area contributed by atoms with Crippen molar-refractivity contribution < 1.29 is 9.90 Å². The smallest absolute Gasteiger partial charge is 0.337 e. The molecule has 0 aliphatic carbocycles. The molecular formula is C17H24N2O2. The van der Waals surface area contributed by atoms with Crippen LogP contribution in [0.15, 0.2) is 18.2 Å². The van der Waals surface area contributed by atoms with Gasteiger partial charge in [-0.2, -0.15) is 0 Å². The molecule has 4 nitrogen and oxygen atoms in total. The van der Waals surface area contributed by atoms with Gasteiger partial charge >= 0.3 is 5.97 Å². The van der Waals surface area contributed by atoms with Crippen molar-refractivity contribution in [1.82, 2.24) is 9.55 Å². The number of carboxylic acid groups (broad SMARTS) is 1. The van der Waals surface area contributed by atoms with E-state index >= 15 is 0 Å². The molecule has 1 atom stereocenters. The zero-order valence-electron chi connectivity index (χ0n) is 13.3. The monoisotopic (exact) mass is 288 g/mol. The summed E-state index contributed by atoms with van der Waals surface area (Å²) in [5.74, 6) is 0.551. The van der Waals surface area contributed by atoms with Crippen LogP contribution in [0.1, 0.15) is 62.8 Å². The van der Waals surface area contributed by atoms with Gasteiger partial charge in [0, 0.05) is 12.5 Å². The number of hydrogen-bond donors (Lipinski definition) is 1. The SMILES string of the molecule is CCCc1nc2cccc(C(=O)O)c2n1C(CC)C(C)C. The molecule has 0 spiro atoms. The number of hydrogen-bond acceptors (Lipinski definition) is 2. The van der Waals surface area contributed by atoms with E-state index < -0.39 is 5.97 Å². The van der Waals surface area contributed by atoms with Gasteiger partial charge in [-0.25, -0.2) is 9.78 Å². The van der Waals surface area contributed by atoms with Gasteiger partial charge in [-0.1, -0.05) is 33.8 Å². The highest BCUT2D eigenvalue weighted by atomic mass is 16.4. The first-order valence-corrected chi connectivity index (χ1v) is 7.74. The van der Waals surface area contributed by atoms with Crippen LogP contribution in [0.25, 0.3) is 11.0 Å². The van der Waals surface area contributed by atoms with Crippen molar-refractivity contribution in [2.24, 2.45) is 5.92 Å². The third-order valence-electron chi connectivity index (χ3n) is 4.01. The number of carbonyl (C=O) groups is 1. The Morgan fingerprint density at radius 2 is 2.05 bits per heavy atom. The van der Waals surface area contributed by atoms with Crippen molar-refractivity contribution >= 4 is 17.0 Å². The molecular weight excluding hydrogens is 264 g/mol. The fraction of sp³-hybridized carbons (Fsp3) is 0.529. The summed E-state index contributed by atoms with van der Waals surface area (Å²) in [6.07, 6.45) is 2.84. The van der Waals surface area contributed by atoms with E-state index in [0.717, 1.165) is 36.1 Å². The summed E-state index contributed by atoms with van der Waals surface area (Å²) in [7, 11) is 0. The minimum Gasteiger partial charge on any atom is -0.478 e. The lowest BCUT2D eigenvalue weighted by atomic mass is 10.0. The zero-order chi connectivity index (χ0) is 15.6. The molecule has 1 heterocycles. The minimum absolute atomic E-state index is 0.275. The lowest BCUT2D eigenvalue weighted by Gasteiger charge is -2.24. The van der Waals surface area contributed by atoms with E-state index in [2.05, 4.69) is 32.3 Å². The maximum absolute atomic E-state index is 11.6. The maximum atomic E-state index is 11.6. The fourth-order valence-electron chi connectivity index (χ4n) is 3.08. The molecule has 0 fully saturated rings. The average molecular weight is 288 g/mol. The highest BCUT2D eigenvalue weighted by Crippen LogP contribution is 2.31. The number of para-hydroxylation sites is 1. The molecule has 1 aromatic heterocycles. The number of aromatic nitrogens is 2. The Labute approximate surface area is 125 Å². The number of nitrogens with zero attached hydrogens (tertiary/aromatic N) is 2. The second kappa shape index (κ2) is 6.29. The van der Waals surface area contributed by atoms with Crippen molar-refractivity contribution in [1.29, 1.82) is 0 Å². The predicted octanol–water partition coefficient (Wildman–Crippen LogP) is 4.29. The lowest BCUT2D eigenvalue weighted by molar-refractivity contribution is 0.0698. The molecule has 4 heteroatoms. The van der Waals surface area contributed by atoms with Crippen LogP contribution in [0.4, 0.5) is 0 Å². The Morgan fingerprint density at radius 3 is 2.57 bits per heavy atom. The maximum Gasteiger partial charge on any atom is 0.337 e. The van der Waals surface area contributed by atoms with Crippen LogP contribution in [-0.2, 0) is 6.42 Å². The minimum atomic E-state index is -0.886. The molecule has 2 aromatic rings. The van der Waals surface area contributed by atoms with Crippen molar-refractivity contribution in [2.75, 3.05) is 0 Å². The van der Waals surface area contributed by atoms with Crippen molar-refractivity contribution in [3.8, 4) is 0 Å². The number of rotatable bonds is 6. The van der Waals surface area contributed by atoms with Gasteiger partial charge < -0.3 is 9.67 Å². The standard InChI is InChI=1S/C17H24N2O2/c1-5-8-15-18-13-10-7-9-12(17(20)21)16(13)19(15)14(6-2)11(3)4/h7,9-11,14H,5-6,8H2,1-4H3,(H,20,21). The average Bonchev–Trinajstić information content (AvgIpc) is 2.78. The van der Waals surface area contributed by atoms with Gasteiger partial charge in [0.05, 0.1) is 16.6 Å². The Balaban J connectivity index is 2.79. The molecule has 0 radical (unpaired) electrons. The van der Waals surface area contributed by atoms with E-state index in [1.807, 2.05) is 6.07 Å². The van der Waals surface area contributed by atoms with Gasteiger partial charge in [-0.05, 0) is 30.9 Å². The van der Waals surface area contributed by atoms with Gasteiger partial charge in [0.2, 0.25) is 0 Å². The van der Waals surface area contributed by atoms with Gasteiger partial charge in [0.25, 0.3) is 0 Å². The molecule has 0 amide bonds. The summed E-state index contributed by atoms with van der Waals surface area (Å²) < 4.78 is 2.17. The Kier molecular flexibility index (Phi) is 4.66. The summed E-state index contributed by atoms with van der Waals surface area (Å²) in [6, 6.07) is 5.63. The molecule has 1 N–H and O–H groups in total. The van der Waals surface area contributed by atoms with Crippen LogP contribution in [0.3, 0.4) is 0 Å². The van der Waals surface area contributed by atoms with Gasteiger partial charge in [0.15, 0.2) is 0 Å². The van der Waals surface area contributed by atoms with E-state index in [1.165, 1.54) is 0 Å². The lowest BCUT2D eigenvalue weighted by Crippen LogP contribution is -2.18. The Hall–Kier alpha value is -1.84. The van der Waals surface area contributed by atoms with Crippen LogP contribution in [0.2, 0.25) is 0 Å². The van der Waals surface area contributed by atoms with Crippen LogP contribution < -0.4 is 0 Å². The number of imidazole rings is 1. The van der Waals surface area contributed by atoms with E-state index in [0.29, 0.717) is 11.5 Å². The highest BCUT2D eigenvalue weighted by Gasteiger charge is 2.23. The Morgan fingerprint density at radius 1 is 1.33 bits per heavy atom. The van der Waals surface area contributed by atoms with Crippen LogP contribution in [-0.4, -0.2) is 20.6 Å². The van der Waals surface area contributed by atoms with E-state index in [4.69, 9.17) is 4.98 Å². The van der Waals surface area contributed by atoms with Crippen LogP contribution in [0.5, 0.6) is 0 Å². The molecule has 114 valence electrons. The van der Waals surface area contributed by atoms with Crippen molar-refractivity contribution in [3.63, 3.8) is 0 Å². The first kappa shape index (κ1) is 15.5. The third kappa shape index (κ3) is 2.80. The summed E-state index contributed by atoms with van der Waals surface area (Å²) in [5, 5.41) is 9.50. The Bertz CT molecular complexity index is 644. The molecule has 1 aromatic carbocycles. The van der Waals surface area contributed by atoms with Crippen LogP contribution >= 0.6 is 0 Å². The molecule has 1 unspecified atom stereocenters. The van der Waals surface area contributed by atoms with Crippen molar-refractivity contribution in [2.45, 2.75) is 53.0 Å². The zero-order valence-corrected chi connectivity index (χ0v) is 13.3. The van der Waals surface area contributed by atoms with E-state index in [1.54, 1.807) is 12.1 Å². The summed E-state index contributed by atoms with van der Waals surface area (Å²) in [4.78, 5) is 16.3. The van der Waals surface area contributed by atoms with E-state index in [-0.39, 0.29) is 6.04 Å². The fourth-order valence-corrected chi connectivity index (χ4v) is 3.08. The topological polar surface area (TPSA) is 55.1 Å². The number of aromatic carboxylic acids is 1. The van der Waals surface area contributed by atoms with Gasteiger partial charge in [-0.15, -0.1) is 0 Å². The largest absolute Gasteiger partial charge is 0.478 e. The molecule has 21 heavy (non-hydrogen) atoms. The predicted molar refractivity (Wildman–Crippen MR) is 84.9 cm³/mol. The second-order valence-corrected chi connectivity index (χ2v) is 5.85. The quantitative estimate of drug-likeness (QED) is 0.862. The number of aryl methyl sites for hydroxylation is 1. The summed E-state index contributed by atoms with van der Waals surface area (Å²) >= 11 is 0. The molecule has 0 saturated carbocycles. The molecule has 0 saturated heterocycles. The van der Waals surface area contributed by atoms with Gasteiger partial charge in [0.1, 0.15) is 5.82 Å². The number of fused-ring (bicyclic) bond motifs is 1. The normalized spacial score (nSPS) is 13.0. The third-order valence-corrected chi connectivity index (χ3v) is 4.01. The second-order valence-electron chi connectivity index (χ2n) is 5.85. The molecule has 0 aliphatic heterocycles. The first-order valence-electron chi connectivity index (χ1n) is 7.74. The highest BCUT2D eigenvalue weighted by molar-refractivity contribution is 6.01. The summed E-state index contributed by atoms with van der Waals surface area (Å²) in [6.45, 7) is 8.63. The molecule has 0 aliphatic rings. The van der Waals surface area contributed by atoms with Gasteiger partial charge in [-0.3, -0.25) is 0 Å². The number of benzene rings is 1. The summed E-state index contributed by atoms with van der Waals surface area (Å²) in [5.41, 5.74) is 1.91.